The topological polar surface area (TPSA) is 42.9 Å². The lowest BCUT2D eigenvalue weighted by molar-refractivity contribution is 0.188. The molecule has 25 heavy (non-hydrogen) atoms. The average molecular weight is 465 g/mol. The van der Waals surface area contributed by atoms with Crippen molar-refractivity contribution in [2.45, 2.75) is 52.4 Å². The van der Waals surface area contributed by atoms with Gasteiger partial charge in [0, 0.05) is 26.2 Å². The monoisotopic (exact) mass is 465 g/mol. The number of rotatable bonds is 8. The van der Waals surface area contributed by atoms with Crippen LogP contribution in [0.4, 0.5) is 0 Å². The molecule has 0 aliphatic carbocycles. The molecule has 0 unspecified atom stereocenters. The van der Waals surface area contributed by atoms with Gasteiger partial charge in [-0.05, 0) is 77.7 Å². The third kappa shape index (κ3) is 9.43. The first-order chi connectivity index (χ1) is 11.8. The van der Waals surface area contributed by atoms with Crippen molar-refractivity contribution in [1.82, 2.24) is 20.4 Å². The number of hydrogen-bond acceptors (Lipinski definition) is 3. The molecule has 2 fully saturated rings. The molecule has 6 heteroatoms. The number of nitrogens with zero attached hydrogens (tertiary/aromatic N) is 3. The summed E-state index contributed by atoms with van der Waals surface area (Å²) in [7, 11) is 0. The molecule has 2 heterocycles. The van der Waals surface area contributed by atoms with E-state index in [-0.39, 0.29) is 24.0 Å². The molecule has 0 radical (unpaired) electrons. The van der Waals surface area contributed by atoms with E-state index >= 15 is 0 Å². The fraction of sp³-hybridized carbons (Fsp3) is 0.947. The first-order valence-corrected chi connectivity index (χ1v) is 10.3. The zero-order valence-electron chi connectivity index (χ0n) is 16.4. The number of aliphatic imine (C=N–C) groups is 1. The van der Waals surface area contributed by atoms with Gasteiger partial charge in [-0.15, -0.1) is 24.0 Å². The van der Waals surface area contributed by atoms with Crippen molar-refractivity contribution in [1.29, 1.82) is 0 Å². The molecule has 0 spiro atoms. The predicted octanol–water partition coefficient (Wildman–Crippen LogP) is 2.77. The molecular weight excluding hydrogens is 425 g/mol. The molecule has 0 amide bonds. The van der Waals surface area contributed by atoms with E-state index in [1.807, 2.05) is 0 Å². The zero-order chi connectivity index (χ0) is 17.0. The van der Waals surface area contributed by atoms with Crippen molar-refractivity contribution in [2.75, 3.05) is 58.9 Å². The lowest BCUT2D eigenvalue weighted by Gasteiger charge is -2.31. The standard InChI is InChI=1S/C19H39N5.HI/c1-3-11-23-14-8-18(9-15-23)17-22-19(20-4-2)21-10-16-24-12-6-5-7-13-24;/h18H,3-17H2,1-2H3,(H2,20,21,22);1H. The first kappa shape index (κ1) is 23.0. The van der Waals surface area contributed by atoms with Gasteiger partial charge in [0.05, 0.1) is 0 Å². The minimum absolute atomic E-state index is 0. The molecule has 0 aromatic rings. The van der Waals surface area contributed by atoms with Crippen LogP contribution in [0.15, 0.2) is 4.99 Å². The number of halogens is 1. The summed E-state index contributed by atoms with van der Waals surface area (Å²) in [6.45, 7) is 14.8. The van der Waals surface area contributed by atoms with E-state index in [4.69, 9.17) is 4.99 Å². The molecule has 0 aromatic carbocycles. The van der Waals surface area contributed by atoms with Crippen LogP contribution >= 0.6 is 24.0 Å². The van der Waals surface area contributed by atoms with Crippen LogP contribution in [0.3, 0.4) is 0 Å². The van der Waals surface area contributed by atoms with E-state index in [9.17, 15) is 0 Å². The highest BCUT2D eigenvalue weighted by atomic mass is 127. The Bertz CT molecular complexity index is 350. The smallest absolute Gasteiger partial charge is 0.191 e. The van der Waals surface area contributed by atoms with Gasteiger partial charge in [0.15, 0.2) is 5.96 Å². The highest BCUT2D eigenvalue weighted by Crippen LogP contribution is 2.17. The van der Waals surface area contributed by atoms with Crippen LogP contribution in [-0.2, 0) is 0 Å². The summed E-state index contributed by atoms with van der Waals surface area (Å²) < 4.78 is 0. The van der Waals surface area contributed by atoms with Crippen molar-refractivity contribution < 1.29 is 0 Å². The molecule has 0 bridgehead atoms. The quantitative estimate of drug-likeness (QED) is 0.329. The summed E-state index contributed by atoms with van der Waals surface area (Å²) in [6, 6.07) is 0. The van der Waals surface area contributed by atoms with Crippen LogP contribution in [0.25, 0.3) is 0 Å². The minimum atomic E-state index is 0. The van der Waals surface area contributed by atoms with E-state index in [0.29, 0.717) is 0 Å². The number of guanidine groups is 1. The first-order valence-electron chi connectivity index (χ1n) is 10.3. The Morgan fingerprint density at radius 3 is 2.24 bits per heavy atom. The van der Waals surface area contributed by atoms with Crippen LogP contribution in [0.5, 0.6) is 0 Å². The van der Waals surface area contributed by atoms with E-state index in [1.54, 1.807) is 0 Å². The molecule has 0 saturated carbocycles. The summed E-state index contributed by atoms with van der Waals surface area (Å²) in [6.07, 6.45) is 8.02. The third-order valence-corrected chi connectivity index (χ3v) is 5.27. The largest absolute Gasteiger partial charge is 0.357 e. The van der Waals surface area contributed by atoms with E-state index in [0.717, 1.165) is 38.1 Å². The third-order valence-electron chi connectivity index (χ3n) is 5.27. The summed E-state index contributed by atoms with van der Waals surface area (Å²) in [5.74, 6) is 1.76. The van der Waals surface area contributed by atoms with Gasteiger partial charge in [-0.2, -0.15) is 0 Å². The minimum Gasteiger partial charge on any atom is -0.357 e. The van der Waals surface area contributed by atoms with Crippen LogP contribution < -0.4 is 10.6 Å². The van der Waals surface area contributed by atoms with Crippen LogP contribution in [-0.4, -0.2) is 74.7 Å². The Hall–Kier alpha value is -0.0800. The second-order valence-electron chi connectivity index (χ2n) is 7.33. The predicted molar refractivity (Wildman–Crippen MR) is 119 cm³/mol. The zero-order valence-corrected chi connectivity index (χ0v) is 18.8. The molecule has 5 nitrogen and oxygen atoms in total. The Balaban J connectivity index is 0.00000312. The van der Waals surface area contributed by atoms with Gasteiger partial charge in [0.1, 0.15) is 0 Å². The molecule has 2 rings (SSSR count). The number of likely N-dealkylation sites (tertiary alicyclic amines) is 2. The summed E-state index contributed by atoms with van der Waals surface area (Å²) in [4.78, 5) is 10.0. The highest BCUT2D eigenvalue weighted by Gasteiger charge is 2.18. The van der Waals surface area contributed by atoms with Crippen LogP contribution in [0.1, 0.15) is 52.4 Å². The molecule has 0 aromatic heterocycles. The van der Waals surface area contributed by atoms with Gasteiger partial charge < -0.3 is 20.4 Å². The van der Waals surface area contributed by atoms with E-state index in [2.05, 4.69) is 34.3 Å². The van der Waals surface area contributed by atoms with Gasteiger partial charge >= 0.3 is 0 Å². The summed E-state index contributed by atoms with van der Waals surface area (Å²) in [5.41, 5.74) is 0. The second-order valence-corrected chi connectivity index (χ2v) is 7.33. The van der Waals surface area contributed by atoms with Crippen molar-refractivity contribution in [3.8, 4) is 0 Å². The highest BCUT2D eigenvalue weighted by molar-refractivity contribution is 14.0. The van der Waals surface area contributed by atoms with Gasteiger partial charge in [0.25, 0.3) is 0 Å². The maximum atomic E-state index is 4.85. The average Bonchev–Trinajstić information content (AvgIpc) is 2.62. The lowest BCUT2D eigenvalue weighted by atomic mass is 9.97. The van der Waals surface area contributed by atoms with E-state index in [1.165, 1.54) is 71.2 Å². The molecule has 2 aliphatic rings. The van der Waals surface area contributed by atoms with Crippen molar-refractivity contribution in [3.05, 3.63) is 0 Å². The fourth-order valence-electron chi connectivity index (χ4n) is 3.79. The number of hydrogen-bond donors (Lipinski definition) is 2. The van der Waals surface area contributed by atoms with Crippen LogP contribution in [0, 0.1) is 5.92 Å². The Kier molecular flexibility index (Phi) is 12.9. The molecule has 148 valence electrons. The van der Waals surface area contributed by atoms with Crippen molar-refractivity contribution >= 4 is 29.9 Å². The molecule has 0 atom stereocenters. The maximum absolute atomic E-state index is 4.85. The number of piperidine rings is 2. The molecule has 2 N–H and O–H groups in total. The fourth-order valence-corrected chi connectivity index (χ4v) is 3.79. The van der Waals surface area contributed by atoms with Crippen molar-refractivity contribution in [2.24, 2.45) is 10.9 Å². The molecule has 2 aliphatic heterocycles. The second kappa shape index (κ2) is 14.0. The number of nitrogens with one attached hydrogen (secondary N) is 2. The van der Waals surface area contributed by atoms with Crippen LogP contribution in [0.2, 0.25) is 0 Å². The Morgan fingerprint density at radius 2 is 1.60 bits per heavy atom. The summed E-state index contributed by atoms with van der Waals surface area (Å²) in [5, 5.41) is 6.92. The maximum Gasteiger partial charge on any atom is 0.191 e. The lowest BCUT2D eigenvalue weighted by Crippen LogP contribution is -2.43. The molecular formula is C19H40IN5. The van der Waals surface area contributed by atoms with Gasteiger partial charge in [-0.1, -0.05) is 13.3 Å². The van der Waals surface area contributed by atoms with Gasteiger partial charge in [0.2, 0.25) is 0 Å². The van der Waals surface area contributed by atoms with Gasteiger partial charge in [-0.3, -0.25) is 4.99 Å². The Morgan fingerprint density at radius 1 is 0.920 bits per heavy atom. The van der Waals surface area contributed by atoms with Gasteiger partial charge in [-0.25, -0.2) is 0 Å². The Labute approximate surface area is 172 Å². The molecule has 2 saturated heterocycles. The normalized spacial score (nSPS) is 21.0. The SMILES string of the molecule is CCCN1CCC(CN=C(NCC)NCCN2CCCCC2)CC1.I. The van der Waals surface area contributed by atoms with Crippen molar-refractivity contribution in [3.63, 3.8) is 0 Å². The summed E-state index contributed by atoms with van der Waals surface area (Å²) >= 11 is 0. The van der Waals surface area contributed by atoms with E-state index < -0.39 is 0 Å².